The van der Waals surface area contributed by atoms with E-state index in [0.717, 1.165) is 39.0 Å². The lowest BCUT2D eigenvalue weighted by Gasteiger charge is -2.03. The SMILES string of the molecule is COCCCNCCCCCS(=O)(=O)O. The highest BCUT2D eigenvalue weighted by atomic mass is 32.2. The van der Waals surface area contributed by atoms with Gasteiger partial charge in [0, 0.05) is 13.7 Å². The van der Waals surface area contributed by atoms with Crippen LogP contribution in [0.3, 0.4) is 0 Å². The zero-order chi connectivity index (χ0) is 11.6. The van der Waals surface area contributed by atoms with Crippen molar-refractivity contribution in [1.82, 2.24) is 5.32 Å². The second-order valence-corrected chi connectivity index (χ2v) is 5.02. The Hall–Kier alpha value is -0.170. The van der Waals surface area contributed by atoms with Crippen molar-refractivity contribution in [3.63, 3.8) is 0 Å². The molecule has 0 saturated heterocycles. The third kappa shape index (κ3) is 13.8. The molecular weight excluding hydrogens is 218 g/mol. The summed E-state index contributed by atoms with van der Waals surface area (Å²) in [6.07, 6.45) is 3.26. The van der Waals surface area contributed by atoms with Gasteiger partial charge < -0.3 is 10.1 Å². The highest BCUT2D eigenvalue weighted by molar-refractivity contribution is 7.85. The van der Waals surface area contributed by atoms with Crippen LogP contribution in [0, 0.1) is 0 Å². The second kappa shape index (κ2) is 9.08. The van der Waals surface area contributed by atoms with Crippen LogP contribution in [-0.4, -0.2) is 45.5 Å². The number of rotatable bonds is 10. The van der Waals surface area contributed by atoms with Crippen LogP contribution in [0.4, 0.5) is 0 Å². The van der Waals surface area contributed by atoms with Crippen molar-refractivity contribution in [3.05, 3.63) is 0 Å². The number of nitrogens with one attached hydrogen (secondary N) is 1. The number of unbranched alkanes of at least 4 members (excludes halogenated alkanes) is 2. The van der Waals surface area contributed by atoms with Gasteiger partial charge in [-0.25, -0.2) is 0 Å². The minimum Gasteiger partial charge on any atom is -0.385 e. The van der Waals surface area contributed by atoms with Crippen LogP contribution in [0.15, 0.2) is 0 Å². The molecule has 0 unspecified atom stereocenters. The Bertz CT molecular complexity index is 228. The molecular formula is C9H21NO4S. The van der Waals surface area contributed by atoms with Crippen molar-refractivity contribution in [3.8, 4) is 0 Å². The number of hydrogen-bond donors (Lipinski definition) is 2. The predicted molar refractivity (Wildman–Crippen MR) is 59.6 cm³/mol. The molecule has 0 fully saturated rings. The molecule has 0 spiro atoms. The van der Waals surface area contributed by atoms with Gasteiger partial charge in [-0.1, -0.05) is 6.42 Å². The topological polar surface area (TPSA) is 75.6 Å². The molecule has 0 aliphatic carbocycles. The molecule has 0 radical (unpaired) electrons. The van der Waals surface area contributed by atoms with Gasteiger partial charge in [0.2, 0.25) is 0 Å². The summed E-state index contributed by atoms with van der Waals surface area (Å²) in [6.45, 7) is 2.57. The zero-order valence-electron chi connectivity index (χ0n) is 9.24. The van der Waals surface area contributed by atoms with Gasteiger partial charge in [0.05, 0.1) is 5.75 Å². The van der Waals surface area contributed by atoms with Crippen LogP contribution in [0.1, 0.15) is 25.7 Å². The van der Waals surface area contributed by atoms with Crippen LogP contribution >= 0.6 is 0 Å². The molecule has 0 heterocycles. The van der Waals surface area contributed by atoms with Crippen molar-refractivity contribution in [2.24, 2.45) is 0 Å². The minimum atomic E-state index is -3.77. The van der Waals surface area contributed by atoms with Gasteiger partial charge in [-0.15, -0.1) is 0 Å². The summed E-state index contributed by atoms with van der Waals surface area (Å²) in [5, 5.41) is 3.23. The van der Waals surface area contributed by atoms with E-state index >= 15 is 0 Å². The average molecular weight is 239 g/mol. The van der Waals surface area contributed by atoms with Crippen molar-refractivity contribution in [1.29, 1.82) is 0 Å². The van der Waals surface area contributed by atoms with Gasteiger partial charge in [0.1, 0.15) is 0 Å². The largest absolute Gasteiger partial charge is 0.385 e. The summed E-state index contributed by atoms with van der Waals surface area (Å²) in [4.78, 5) is 0. The molecule has 0 aromatic carbocycles. The van der Waals surface area contributed by atoms with E-state index in [-0.39, 0.29) is 5.75 Å². The Morgan fingerprint density at radius 1 is 1.13 bits per heavy atom. The van der Waals surface area contributed by atoms with E-state index in [2.05, 4.69) is 5.32 Å². The molecule has 0 atom stereocenters. The number of methoxy groups -OCH3 is 1. The Labute approximate surface area is 92.0 Å². The van der Waals surface area contributed by atoms with Gasteiger partial charge in [0.25, 0.3) is 10.1 Å². The fourth-order valence-corrected chi connectivity index (χ4v) is 1.75. The van der Waals surface area contributed by atoms with E-state index in [1.165, 1.54) is 0 Å². The van der Waals surface area contributed by atoms with E-state index in [9.17, 15) is 8.42 Å². The van der Waals surface area contributed by atoms with E-state index in [1.54, 1.807) is 7.11 Å². The maximum absolute atomic E-state index is 10.4. The molecule has 92 valence electrons. The average Bonchev–Trinajstić information content (AvgIpc) is 2.14. The van der Waals surface area contributed by atoms with Crippen molar-refractivity contribution >= 4 is 10.1 Å². The summed E-state index contributed by atoms with van der Waals surface area (Å²) in [5.74, 6) is -0.128. The first-order valence-corrected chi connectivity index (χ1v) is 6.82. The van der Waals surface area contributed by atoms with Crippen LogP contribution in [0.5, 0.6) is 0 Å². The Morgan fingerprint density at radius 3 is 2.40 bits per heavy atom. The molecule has 5 nitrogen and oxygen atoms in total. The van der Waals surface area contributed by atoms with Crippen molar-refractivity contribution in [2.45, 2.75) is 25.7 Å². The number of ether oxygens (including phenoxy) is 1. The smallest absolute Gasteiger partial charge is 0.264 e. The normalized spacial score (nSPS) is 11.9. The van der Waals surface area contributed by atoms with Crippen LogP contribution in [-0.2, 0) is 14.9 Å². The van der Waals surface area contributed by atoms with Crippen molar-refractivity contribution in [2.75, 3.05) is 32.6 Å². The summed E-state index contributed by atoms with van der Waals surface area (Å²) in [6, 6.07) is 0. The third-order valence-corrected chi connectivity index (χ3v) is 2.76. The monoisotopic (exact) mass is 239 g/mol. The molecule has 0 aromatic heterocycles. The molecule has 0 aliphatic heterocycles. The fourth-order valence-electron chi connectivity index (χ4n) is 1.18. The van der Waals surface area contributed by atoms with Crippen molar-refractivity contribution < 1.29 is 17.7 Å². The molecule has 0 aliphatic rings. The first-order valence-electron chi connectivity index (χ1n) is 5.21. The van der Waals surface area contributed by atoms with Crippen LogP contribution < -0.4 is 5.32 Å². The highest BCUT2D eigenvalue weighted by Crippen LogP contribution is 1.97. The van der Waals surface area contributed by atoms with Crippen LogP contribution in [0.2, 0.25) is 0 Å². The first kappa shape index (κ1) is 14.8. The molecule has 0 aromatic rings. The molecule has 0 bridgehead atoms. The second-order valence-electron chi connectivity index (χ2n) is 3.44. The van der Waals surface area contributed by atoms with Gasteiger partial charge in [0.15, 0.2) is 0 Å². The highest BCUT2D eigenvalue weighted by Gasteiger charge is 2.02. The Morgan fingerprint density at radius 2 is 1.80 bits per heavy atom. The predicted octanol–water partition coefficient (Wildman–Crippen LogP) is 0.671. The lowest BCUT2D eigenvalue weighted by molar-refractivity contribution is 0.194. The lowest BCUT2D eigenvalue weighted by atomic mass is 10.2. The summed E-state index contributed by atoms with van der Waals surface area (Å²) < 4.78 is 34.1. The number of hydrogen-bond acceptors (Lipinski definition) is 4. The first-order chi connectivity index (χ1) is 7.06. The van der Waals surface area contributed by atoms with E-state index in [1.807, 2.05) is 0 Å². The Balaban J connectivity index is 3.06. The third-order valence-electron chi connectivity index (χ3n) is 1.96. The summed E-state index contributed by atoms with van der Waals surface area (Å²) in [5.41, 5.74) is 0. The molecule has 2 N–H and O–H groups in total. The lowest BCUT2D eigenvalue weighted by Crippen LogP contribution is -2.18. The summed E-state index contributed by atoms with van der Waals surface area (Å²) in [7, 11) is -2.09. The standard InChI is InChI=1S/C9H21NO4S/c1-14-8-5-7-10-6-3-2-4-9-15(11,12)13/h10H,2-9H2,1H3,(H,11,12,13). The molecule has 6 heteroatoms. The fraction of sp³-hybridized carbons (Fsp3) is 1.00. The van der Waals surface area contributed by atoms with Gasteiger partial charge in [-0.05, 0) is 32.4 Å². The maximum Gasteiger partial charge on any atom is 0.264 e. The zero-order valence-corrected chi connectivity index (χ0v) is 10.1. The minimum absolute atomic E-state index is 0.128. The Kier molecular flexibility index (Phi) is 8.98. The molecule has 0 rings (SSSR count). The summed E-state index contributed by atoms with van der Waals surface area (Å²) >= 11 is 0. The van der Waals surface area contributed by atoms with Gasteiger partial charge in [-0.2, -0.15) is 8.42 Å². The molecule has 0 amide bonds. The van der Waals surface area contributed by atoms with E-state index < -0.39 is 10.1 Å². The van der Waals surface area contributed by atoms with E-state index in [4.69, 9.17) is 9.29 Å². The van der Waals surface area contributed by atoms with Gasteiger partial charge >= 0.3 is 0 Å². The molecule has 0 saturated carbocycles. The van der Waals surface area contributed by atoms with Gasteiger partial charge in [-0.3, -0.25) is 4.55 Å². The van der Waals surface area contributed by atoms with E-state index in [0.29, 0.717) is 6.42 Å². The molecule has 15 heavy (non-hydrogen) atoms. The van der Waals surface area contributed by atoms with Crippen LogP contribution in [0.25, 0.3) is 0 Å². The maximum atomic E-state index is 10.4. The quantitative estimate of drug-likeness (QED) is 0.433.